The largest absolute Gasteiger partial charge is 0.496 e. The predicted molar refractivity (Wildman–Crippen MR) is 87.4 cm³/mol. The van der Waals surface area contributed by atoms with Crippen LogP contribution < -0.4 is 14.8 Å². The third-order valence-corrected chi connectivity index (χ3v) is 3.38. The number of benzene rings is 2. The molecule has 0 fully saturated rings. The lowest BCUT2D eigenvalue weighted by molar-refractivity contribution is 0.340. The summed E-state index contributed by atoms with van der Waals surface area (Å²) in [6.45, 7) is 6.88. The number of aryl methyl sites for hydroxylation is 1. The lowest BCUT2D eigenvalue weighted by Crippen LogP contribution is -2.08. The minimum Gasteiger partial charge on any atom is -0.496 e. The summed E-state index contributed by atoms with van der Waals surface area (Å²) in [4.78, 5) is 0. The maximum Gasteiger partial charge on any atom is 0.124 e. The van der Waals surface area contributed by atoms with Crippen molar-refractivity contribution in [2.24, 2.45) is 0 Å². The van der Waals surface area contributed by atoms with Gasteiger partial charge in [0.05, 0.1) is 19.8 Å². The Balaban J connectivity index is 2.19. The number of hydrogen-bond acceptors (Lipinski definition) is 3. The number of rotatable bonds is 6. The third-order valence-electron chi connectivity index (χ3n) is 3.38. The van der Waals surface area contributed by atoms with Gasteiger partial charge in [0.2, 0.25) is 0 Å². The second-order valence-electron chi connectivity index (χ2n) is 5.07. The summed E-state index contributed by atoms with van der Waals surface area (Å²) in [7, 11) is 1.70. The van der Waals surface area contributed by atoms with Crippen molar-refractivity contribution in [3.8, 4) is 11.5 Å². The van der Waals surface area contributed by atoms with Crippen LogP contribution in [0.2, 0.25) is 0 Å². The highest BCUT2D eigenvalue weighted by molar-refractivity contribution is 5.51. The molecule has 1 N–H and O–H groups in total. The summed E-state index contributed by atoms with van der Waals surface area (Å²) in [5.41, 5.74) is 3.42. The first-order chi connectivity index (χ1) is 10.1. The van der Waals surface area contributed by atoms with Crippen molar-refractivity contribution >= 4 is 5.69 Å². The van der Waals surface area contributed by atoms with Gasteiger partial charge in [0.15, 0.2) is 0 Å². The minimum atomic E-state index is 0.150. The molecule has 0 bridgehead atoms. The molecular weight excluding hydrogens is 262 g/mol. The van der Waals surface area contributed by atoms with Gasteiger partial charge < -0.3 is 14.8 Å². The van der Waals surface area contributed by atoms with E-state index in [1.165, 1.54) is 5.56 Å². The van der Waals surface area contributed by atoms with Gasteiger partial charge in [-0.25, -0.2) is 0 Å². The van der Waals surface area contributed by atoms with Crippen LogP contribution in [-0.2, 0) is 0 Å². The van der Waals surface area contributed by atoms with Crippen molar-refractivity contribution in [1.29, 1.82) is 0 Å². The van der Waals surface area contributed by atoms with Crippen molar-refractivity contribution in [3.05, 3.63) is 53.6 Å². The molecule has 1 atom stereocenters. The molecule has 0 aliphatic rings. The van der Waals surface area contributed by atoms with Crippen LogP contribution in [0.4, 0.5) is 5.69 Å². The Kier molecular flexibility index (Phi) is 5.09. The van der Waals surface area contributed by atoms with Gasteiger partial charge in [-0.3, -0.25) is 0 Å². The fraction of sp³-hybridized carbons (Fsp3) is 0.333. The number of anilines is 1. The van der Waals surface area contributed by atoms with Crippen LogP contribution >= 0.6 is 0 Å². The van der Waals surface area contributed by atoms with Crippen molar-refractivity contribution in [2.75, 3.05) is 19.0 Å². The van der Waals surface area contributed by atoms with E-state index in [0.717, 1.165) is 22.7 Å². The Hall–Kier alpha value is -2.16. The Bertz CT molecular complexity index is 596. The van der Waals surface area contributed by atoms with Gasteiger partial charge in [0.1, 0.15) is 11.5 Å². The Labute approximate surface area is 126 Å². The first-order valence-corrected chi connectivity index (χ1v) is 7.28. The molecule has 2 aromatic rings. The zero-order chi connectivity index (χ0) is 15.2. The highest BCUT2D eigenvalue weighted by atomic mass is 16.5. The van der Waals surface area contributed by atoms with Gasteiger partial charge in [-0.1, -0.05) is 23.8 Å². The van der Waals surface area contributed by atoms with Crippen LogP contribution in [-0.4, -0.2) is 13.7 Å². The van der Waals surface area contributed by atoms with Crippen LogP contribution in [0.5, 0.6) is 11.5 Å². The zero-order valence-corrected chi connectivity index (χ0v) is 13.1. The highest BCUT2D eigenvalue weighted by Crippen LogP contribution is 2.29. The Morgan fingerprint density at radius 1 is 1.14 bits per heavy atom. The molecule has 21 heavy (non-hydrogen) atoms. The molecule has 3 nitrogen and oxygen atoms in total. The molecule has 0 amide bonds. The van der Waals surface area contributed by atoms with E-state index >= 15 is 0 Å². The SMILES string of the molecule is CCOc1cccc(NC(C)c2cc(C)ccc2OC)c1. The monoisotopic (exact) mass is 285 g/mol. The van der Waals surface area contributed by atoms with Gasteiger partial charge in [0.25, 0.3) is 0 Å². The standard InChI is InChI=1S/C18H23NO2/c1-5-21-16-8-6-7-15(12-16)19-14(3)17-11-13(2)9-10-18(17)20-4/h6-12,14,19H,5H2,1-4H3. The second-order valence-corrected chi connectivity index (χ2v) is 5.07. The first kappa shape index (κ1) is 15.2. The third kappa shape index (κ3) is 3.91. The van der Waals surface area contributed by atoms with Crippen molar-refractivity contribution in [1.82, 2.24) is 0 Å². The fourth-order valence-corrected chi connectivity index (χ4v) is 2.36. The average molecular weight is 285 g/mol. The lowest BCUT2D eigenvalue weighted by atomic mass is 10.0. The van der Waals surface area contributed by atoms with E-state index in [2.05, 4.69) is 31.3 Å². The molecule has 0 saturated carbocycles. The molecule has 112 valence electrons. The maximum absolute atomic E-state index is 5.53. The summed E-state index contributed by atoms with van der Waals surface area (Å²) in [6, 6.07) is 14.4. The van der Waals surface area contributed by atoms with E-state index in [1.54, 1.807) is 7.11 Å². The van der Waals surface area contributed by atoms with Crippen molar-refractivity contribution in [3.63, 3.8) is 0 Å². The molecule has 0 heterocycles. The Morgan fingerprint density at radius 2 is 1.95 bits per heavy atom. The fourth-order valence-electron chi connectivity index (χ4n) is 2.36. The molecule has 1 unspecified atom stereocenters. The van der Waals surface area contributed by atoms with Crippen molar-refractivity contribution < 1.29 is 9.47 Å². The summed E-state index contributed by atoms with van der Waals surface area (Å²) in [6.07, 6.45) is 0. The Morgan fingerprint density at radius 3 is 2.67 bits per heavy atom. The number of methoxy groups -OCH3 is 1. The van der Waals surface area contributed by atoms with Crippen LogP contribution in [0.1, 0.15) is 31.0 Å². The first-order valence-electron chi connectivity index (χ1n) is 7.28. The van der Waals surface area contributed by atoms with Crippen LogP contribution in [0, 0.1) is 6.92 Å². The smallest absolute Gasteiger partial charge is 0.124 e. The predicted octanol–water partition coefficient (Wildman–Crippen LogP) is 4.58. The summed E-state index contributed by atoms with van der Waals surface area (Å²) in [5.74, 6) is 1.78. The molecule has 0 radical (unpaired) electrons. The highest BCUT2D eigenvalue weighted by Gasteiger charge is 2.11. The van der Waals surface area contributed by atoms with Gasteiger partial charge >= 0.3 is 0 Å². The van der Waals surface area contributed by atoms with Gasteiger partial charge in [0, 0.05) is 17.3 Å². The van der Waals surface area contributed by atoms with Gasteiger partial charge in [-0.2, -0.15) is 0 Å². The van der Waals surface area contributed by atoms with Gasteiger partial charge in [-0.15, -0.1) is 0 Å². The zero-order valence-electron chi connectivity index (χ0n) is 13.1. The number of nitrogens with one attached hydrogen (secondary N) is 1. The molecule has 0 aromatic heterocycles. The van der Waals surface area contributed by atoms with E-state index in [9.17, 15) is 0 Å². The molecule has 3 heteroatoms. The van der Waals surface area contributed by atoms with Crippen LogP contribution in [0.3, 0.4) is 0 Å². The average Bonchev–Trinajstić information content (AvgIpc) is 2.48. The molecule has 0 saturated heterocycles. The lowest BCUT2D eigenvalue weighted by Gasteiger charge is -2.19. The van der Waals surface area contributed by atoms with E-state index in [4.69, 9.17) is 9.47 Å². The van der Waals surface area contributed by atoms with Gasteiger partial charge in [-0.05, 0) is 39.0 Å². The van der Waals surface area contributed by atoms with Crippen molar-refractivity contribution in [2.45, 2.75) is 26.8 Å². The number of ether oxygens (including phenoxy) is 2. The molecule has 0 aliphatic heterocycles. The molecule has 2 rings (SSSR count). The second kappa shape index (κ2) is 7.02. The van der Waals surface area contributed by atoms with E-state index in [0.29, 0.717) is 6.61 Å². The normalized spacial score (nSPS) is 11.8. The maximum atomic E-state index is 5.53. The minimum absolute atomic E-state index is 0.150. The molecule has 0 spiro atoms. The van der Waals surface area contributed by atoms with Crippen LogP contribution in [0.25, 0.3) is 0 Å². The van der Waals surface area contributed by atoms with Crippen LogP contribution in [0.15, 0.2) is 42.5 Å². The summed E-state index contributed by atoms with van der Waals surface area (Å²) < 4.78 is 11.0. The summed E-state index contributed by atoms with van der Waals surface area (Å²) in [5, 5.41) is 3.50. The molecular formula is C18H23NO2. The molecule has 2 aromatic carbocycles. The topological polar surface area (TPSA) is 30.5 Å². The molecule has 0 aliphatic carbocycles. The van der Waals surface area contributed by atoms with E-state index in [-0.39, 0.29) is 6.04 Å². The quantitative estimate of drug-likeness (QED) is 0.843. The van der Waals surface area contributed by atoms with E-state index < -0.39 is 0 Å². The summed E-state index contributed by atoms with van der Waals surface area (Å²) >= 11 is 0. The van der Waals surface area contributed by atoms with E-state index in [1.807, 2.05) is 37.3 Å². The number of hydrogen-bond donors (Lipinski definition) is 1.